The Hall–Kier alpha value is -4.32. The van der Waals surface area contributed by atoms with Crippen LogP contribution in [0.25, 0.3) is 11.1 Å². The lowest BCUT2D eigenvalue weighted by Gasteiger charge is -2.33. The van der Waals surface area contributed by atoms with Crippen molar-refractivity contribution in [3.05, 3.63) is 138 Å². The number of anilines is 1. The fraction of sp³-hybridized carbons (Fsp3) is 0.182. The van der Waals surface area contributed by atoms with Crippen LogP contribution in [0.2, 0.25) is 0 Å². The zero-order valence-corrected chi connectivity index (χ0v) is 21.5. The largest absolute Gasteiger partial charge is 0.416 e. The summed E-state index contributed by atoms with van der Waals surface area (Å²) in [5.41, 5.74) is 6.19. The zero-order chi connectivity index (χ0) is 27.4. The SMILES string of the molecule is C=CC(=O)N1CCc2cc(N(Cc3ccccc3)Cc3ccccc3)c(-c3ccc(C(F)(F)F)cc3)cc2C1. The van der Waals surface area contributed by atoms with E-state index in [0.29, 0.717) is 38.2 Å². The van der Waals surface area contributed by atoms with Gasteiger partial charge in [-0.1, -0.05) is 79.4 Å². The van der Waals surface area contributed by atoms with Gasteiger partial charge in [-0.25, -0.2) is 0 Å². The summed E-state index contributed by atoms with van der Waals surface area (Å²) in [7, 11) is 0. The molecule has 3 nitrogen and oxygen atoms in total. The Bertz CT molecular complexity index is 1410. The second-order valence-corrected chi connectivity index (χ2v) is 9.75. The van der Waals surface area contributed by atoms with Gasteiger partial charge in [0.25, 0.3) is 0 Å². The molecule has 0 spiro atoms. The van der Waals surface area contributed by atoms with Crippen molar-refractivity contribution in [2.24, 2.45) is 0 Å². The molecule has 1 heterocycles. The summed E-state index contributed by atoms with van der Waals surface area (Å²) >= 11 is 0. The van der Waals surface area contributed by atoms with Crippen molar-refractivity contribution in [2.75, 3.05) is 11.4 Å². The highest BCUT2D eigenvalue weighted by molar-refractivity contribution is 5.87. The number of halogens is 3. The van der Waals surface area contributed by atoms with Crippen LogP contribution < -0.4 is 4.90 Å². The number of carbonyl (C=O) groups excluding carboxylic acids is 1. The van der Waals surface area contributed by atoms with Crippen LogP contribution in [0.1, 0.15) is 27.8 Å². The van der Waals surface area contributed by atoms with Gasteiger partial charge < -0.3 is 9.80 Å². The van der Waals surface area contributed by atoms with Gasteiger partial charge in [0.2, 0.25) is 5.91 Å². The highest BCUT2D eigenvalue weighted by Gasteiger charge is 2.30. The maximum absolute atomic E-state index is 13.3. The van der Waals surface area contributed by atoms with Crippen LogP contribution in [0, 0.1) is 0 Å². The van der Waals surface area contributed by atoms with E-state index in [-0.39, 0.29) is 5.91 Å². The van der Waals surface area contributed by atoms with Gasteiger partial charge in [-0.3, -0.25) is 4.79 Å². The number of benzene rings is 4. The van der Waals surface area contributed by atoms with Crippen molar-refractivity contribution >= 4 is 11.6 Å². The second kappa shape index (κ2) is 11.2. The Morgan fingerprint density at radius 1 is 0.846 bits per heavy atom. The van der Waals surface area contributed by atoms with Crippen LogP contribution in [0.3, 0.4) is 0 Å². The lowest BCUT2D eigenvalue weighted by molar-refractivity contribution is -0.137. The van der Waals surface area contributed by atoms with Crippen LogP contribution in [0.15, 0.2) is 110 Å². The summed E-state index contributed by atoms with van der Waals surface area (Å²) < 4.78 is 40.0. The minimum Gasteiger partial charge on any atom is -0.362 e. The molecule has 1 amide bonds. The molecule has 198 valence electrons. The summed E-state index contributed by atoms with van der Waals surface area (Å²) in [5.74, 6) is -0.129. The average Bonchev–Trinajstić information content (AvgIpc) is 2.96. The highest BCUT2D eigenvalue weighted by atomic mass is 19.4. The molecule has 0 aliphatic carbocycles. The van der Waals surface area contributed by atoms with Crippen LogP contribution in [-0.4, -0.2) is 17.4 Å². The topological polar surface area (TPSA) is 23.6 Å². The van der Waals surface area contributed by atoms with E-state index >= 15 is 0 Å². The fourth-order valence-electron chi connectivity index (χ4n) is 5.08. The predicted octanol–water partition coefficient (Wildman–Crippen LogP) is 7.65. The molecule has 4 aromatic carbocycles. The molecule has 39 heavy (non-hydrogen) atoms. The zero-order valence-electron chi connectivity index (χ0n) is 21.5. The first-order valence-corrected chi connectivity index (χ1v) is 12.9. The monoisotopic (exact) mass is 526 g/mol. The Balaban J connectivity index is 1.63. The van der Waals surface area contributed by atoms with Crippen molar-refractivity contribution in [3.8, 4) is 11.1 Å². The van der Waals surface area contributed by atoms with E-state index < -0.39 is 11.7 Å². The predicted molar refractivity (Wildman–Crippen MR) is 149 cm³/mol. The molecule has 5 rings (SSSR count). The lowest BCUT2D eigenvalue weighted by atomic mass is 9.91. The molecule has 0 bridgehead atoms. The van der Waals surface area contributed by atoms with Gasteiger partial charge >= 0.3 is 6.18 Å². The first kappa shape index (κ1) is 26.3. The second-order valence-electron chi connectivity index (χ2n) is 9.75. The molecule has 0 unspecified atom stereocenters. The Kier molecular flexibility index (Phi) is 7.55. The molecule has 1 aliphatic rings. The number of amides is 1. The van der Waals surface area contributed by atoms with Gasteiger partial charge in [-0.05, 0) is 64.6 Å². The van der Waals surface area contributed by atoms with Gasteiger partial charge in [0.15, 0.2) is 0 Å². The Labute approximate surface area is 226 Å². The van der Waals surface area contributed by atoms with Gasteiger partial charge in [0, 0.05) is 37.4 Å². The third-order valence-corrected chi connectivity index (χ3v) is 7.11. The van der Waals surface area contributed by atoms with Crippen LogP contribution in [0.5, 0.6) is 0 Å². The number of carbonyl (C=O) groups is 1. The fourth-order valence-corrected chi connectivity index (χ4v) is 5.08. The molecule has 0 fully saturated rings. The van der Waals surface area contributed by atoms with Crippen LogP contribution in [-0.2, 0) is 37.0 Å². The summed E-state index contributed by atoms with van der Waals surface area (Å²) in [6.07, 6.45) is -2.40. The minimum atomic E-state index is -4.41. The first-order chi connectivity index (χ1) is 18.8. The van der Waals surface area contributed by atoms with Crippen molar-refractivity contribution < 1.29 is 18.0 Å². The number of rotatable bonds is 7. The van der Waals surface area contributed by atoms with Gasteiger partial charge in [0.05, 0.1) is 5.56 Å². The van der Waals surface area contributed by atoms with Crippen LogP contribution in [0.4, 0.5) is 18.9 Å². The Morgan fingerprint density at radius 3 is 1.97 bits per heavy atom. The quantitative estimate of drug-likeness (QED) is 0.231. The van der Waals surface area contributed by atoms with E-state index in [0.717, 1.165) is 45.6 Å². The summed E-state index contributed by atoms with van der Waals surface area (Å²) in [6.45, 7) is 5.90. The highest BCUT2D eigenvalue weighted by Crippen LogP contribution is 2.39. The standard InChI is InChI=1S/C33H29F3N2O/c1-2-32(39)37-18-17-27-20-31(30(19-28(27)23-37)26-13-15-29(16-14-26)33(34,35)36)38(21-24-9-5-3-6-10-24)22-25-11-7-4-8-12-25/h2-16,19-20H,1,17-18,21-23H2. The van der Waals surface area contributed by atoms with E-state index in [4.69, 9.17) is 0 Å². The maximum atomic E-state index is 13.3. The number of alkyl halides is 3. The van der Waals surface area contributed by atoms with Gasteiger partial charge in [-0.15, -0.1) is 0 Å². The van der Waals surface area contributed by atoms with E-state index in [1.165, 1.54) is 18.2 Å². The molecule has 0 radical (unpaired) electrons. The van der Waals surface area contributed by atoms with Crippen molar-refractivity contribution in [1.82, 2.24) is 4.90 Å². The van der Waals surface area contributed by atoms with Crippen molar-refractivity contribution in [1.29, 1.82) is 0 Å². The van der Waals surface area contributed by atoms with E-state index in [1.807, 2.05) is 42.5 Å². The van der Waals surface area contributed by atoms with E-state index in [2.05, 4.69) is 41.8 Å². The third-order valence-electron chi connectivity index (χ3n) is 7.11. The van der Waals surface area contributed by atoms with Gasteiger partial charge in [0.1, 0.15) is 0 Å². The van der Waals surface area contributed by atoms with Crippen LogP contribution >= 0.6 is 0 Å². The average molecular weight is 527 g/mol. The Morgan fingerprint density at radius 2 is 1.44 bits per heavy atom. The summed E-state index contributed by atoms with van der Waals surface area (Å²) in [4.78, 5) is 16.4. The third kappa shape index (κ3) is 6.06. The van der Waals surface area contributed by atoms with Gasteiger partial charge in [-0.2, -0.15) is 13.2 Å². The normalized spacial score (nSPS) is 13.1. The molecule has 4 aromatic rings. The molecular formula is C33H29F3N2O. The number of hydrogen-bond acceptors (Lipinski definition) is 2. The smallest absolute Gasteiger partial charge is 0.362 e. The lowest BCUT2D eigenvalue weighted by Crippen LogP contribution is -2.35. The number of fused-ring (bicyclic) bond motifs is 1. The summed E-state index contributed by atoms with van der Waals surface area (Å²) in [6, 6.07) is 29.8. The van der Waals surface area contributed by atoms with E-state index in [1.54, 1.807) is 4.90 Å². The van der Waals surface area contributed by atoms with Crippen molar-refractivity contribution in [2.45, 2.75) is 32.2 Å². The van der Waals surface area contributed by atoms with Crippen molar-refractivity contribution in [3.63, 3.8) is 0 Å². The molecule has 1 aliphatic heterocycles. The first-order valence-electron chi connectivity index (χ1n) is 12.9. The minimum absolute atomic E-state index is 0.129. The molecule has 0 aromatic heterocycles. The molecule has 0 N–H and O–H groups in total. The summed E-state index contributed by atoms with van der Waals surface area (Å²) in [5, 5.41) is 0. The van der Waals surface area contributed by atoms with E-state index in [9.17, 15) is 18.0 Å². The molecular weight excluding hydrogens is 497 g/mol. The molecule has 0 saturated carbocycles. The number of nitrogens with zero attached hydrogens (tertiary/aromatic N) is 2. The number of hydrogen-bond donors (Lipinski definition) is 0. The molecule has 6 heteroatoms. The molecule has 0 atom stereocenters. The maximum Gasteiger partial charge on any atom is 0.416 e. The molecule has 0 saturated heterocycles.